The molecule has 1 unspecified atom stereocenters. The zero-order valence-electron chi connectivity index (χ0n) is 16.0. The fourth-order valence-corrected chi connectivity index (χ4v) is 3.08. The Morgan fingerprint density at radius 1 is 1.00 bits per heavy atom. The maximum Gasteiger partial charge on any atom is 0.319 e. The average molecular weight is 385 g/mol. The van der Waals surface area contributed by atoms with Gasteiger partial charge in [-0.3, -0.25) is 4.79 Å². The molecule has 1 aliphatic heterocycles. The standard InChI is InChI=1S/C20H23N3O5/c1-26-16-7-5-15(6-8-16)23-12-14(11-19(23)24)22-20(25)21-13-4-9-17(27-2)18(10-13)28-3/h4-10,14H,11-12H2,1-3H3,(H2,21,22,25). The van der Waals surface area contributed by atoms with Crippen molar-refractivity contribution in [2.24, 2.45) is 0 Å². The summed E-state index contributed by atoms with van der Waals surface area (Å²) in [5.41, 5.74) is 1.34. The molecule has 2 N–H and O–H groups in total. The number of nitrogens with zero attached hydrogens (tertiary/aromatic N) is 1. The number of rotatable bonds is 6. The molecule has 0 radical (unpaired) electrons. The van der Waals surface area contributed by atoms with Crippen molar-refractivity contribution in [3.63, 3.8) is 0 Å². The molecule has 0 aromatic heterocycles. The molecule has 0 saturated carbocycles. The summed E-state index contributed by atoms with van der Waals surface area (Å²) in [5, 5.41) is 5.58. The smallest absolute Gasteiger partial charge is 0.319 e. The van der Waals surface area contributed by atoms with Crippen molar-refractivity contribution in [2.75, 3.05) is 38.1 Å². The minimum absolute atomic E-state index is 0.0402. The molecular formula is C20H23N3O5. The second-order valence-electron chi connectivity index (χ2n) is 6.27. The molecule has 3 rings (SSSR count). The first-order valence-corrected chi connectivity index (χ1v) is 8.78. The quantitative estimate of drug-likeness (QED) is 0.798. The van der Waals surface area contributed by atoms with Crippen LogP contribution in [0.5, 0.6) is 17.2 Å². The van der Waals surface area contributed by atoms with E-state index in [1.54, 1.807) is 49.5 Å². The summed E-state index contributed by atoms with van der Waals surface area (Å²) in [6.07, 6.45) is 0.241. The summed E-state index contributed by atoms with van der Waals surface area (Å²) in [7, 11) is 4.66. The van der Waals surface area contributed by atoms with Gasteiger partial charge < -0.3 is 29.7 Å². The van der Waals surface area contributed by atoms with Gasteiger partial charge >= 0.3 is 6.03 Å². The Hall–Kier alpha value is -3.42. The molecule has 148 valence electrons. The van der Waals surface area contributed by atoms with Crippen LogP contribution in [0.15, 0.2) is 42.5 Å². The van der Waals surface area contributed by atoms with Crippen molar-refractivity contribution in [3.8, 4) is 17.2 Å². The van der Waals surface area contributed by atoms with Crippen LogP contribution in [0.2, 0.25) is 0 Å². The van der Waals surface area contributed by atoms with Gasteiger partial charge in [0.15, 0.2) is 11.5 Å². The molecule has 1 atom stereocenters. The molecule has 1 heterocycles. The zero-order valence-corrected chi connectivity index (χ0v) is 16.0. The molecule has 2 aromatic carbocycles. The Kier molecular flexibility index (Phi) is 5.88. The SMILES string of the molecule is COc1ccc(N2CC(NC(=O)Nc3ccc(OC)c(OC)c3)CC2=O)cc1. The van der Waals surface area contributed by atoms with Crippen LogP contribution < -0.4 is 29.7 Å². The summed E-state index contributed by atoms with van der Waals surface area (Å²) < 4.78 is 15.5. The Balaban J connectivity index is 1.59. The van der Waals surface area contributed by atoms with Gasteiger partial charge in [0.25, 0.3) is 0 Å². The highest BCUT2D eigenvalue weighted by Gasteiger charge is 2.31. The van der Waals surface area contributed by atoms with Gasteiger partial charge in [-0.05, 0) is 36.4 Å². The van der Waals surface area contributed by atoms with Crippen molar-refractivity contribution in [1.82, 2.24) is 5.32 Å². The van der Waals surface area contributed by atoms with Crippen LogP contribution >= 0.6 is 0 Å². The number of hydrogen-bond donors (Lipinski definition) is 2. The van der Waals surface area contributed by atoms with E-state index in [1.807, 2.05) is 12.1 Å². The lowest BCUT2D eigenvalue weighted by molar-refractivity contribution is -0.117. The Labute approximate surface area is 163 Å². The lowest BCUT2D eigenvalue weighted by Gasteiger charge is -2.18. The molecule has 3 amide bonds. The van der Waals surface area contributed by atoms with Crippen LogP contribution in [0, 0.1) is 0 Å². The van der Waals surface area contributed by atoms with Crippen LogP contribution in [-0.4, -0.2) is 45.9 Å². The van der Waals surface area contributed by atoms with Gasteiger partial charge in [0.1, 0.15) is 5.75 Å². The lowest BCUT2D eigenvalue weighted by Crippen LogP contribution is -2.39. The second kappa shape index (κ2) is 8.51. The van der Waals surface area contributed by atoms with Crippen molar-refractivity contribution in [1.29, 1.82) is 0 Å². The first-order chi connectivity index (χ1) is 13.5. The van der Waals surface area contributed by atoms with Crippen molar-refractivity contribution in [3.05, 3.63) is 42.5 Å². The zero-order chi connectivity index (χ0) is 20.1. The monoisotopic (exact) mass is 385 g/mol. The Morgan fingerprint density at radius 3 is 2.36 bits per heavy atom. The van der Waals surface area contributed by atoms with E-state index >= 15 is 0 Å². The number of methoxy groups -OCH3 is 3. The molecule has 0 spiro atoms. The van der Waals surface area contributed by atoms with Crippen LogP contribution in [0.25, 0.3) is 0 Å². The summed E-state index contributed by atoms with van der Waals surface area (Å²) >= 11 is 0. The third-order valence-corrected chi connectivity index (χ3v) is 4.49. The van der Waals surface area contributed by atoms with E-state index in [1.165, 1.54) is 7.11 Å². The fraction of sp³-hybridized carbons (Fsp3) is 0.300. The number of carbonyl (C=O) groups excluding carboxylic acids is 2. The first kappa shape index (κ1) is 19.3. The third kappa shape index (κ3) is 4.28. The molecular weight excluding hydrogens is 362 g/mol. The number of anilines is 2. The van der Waals surface area contributed by atoms with Gasteiger partial charge in [0.2, 0.25) is 5.91 Å². The molecule has 8 nitrogen and oxygen atoms in total. The first-order valence-electron chi connectivity index (χ1n) is 8.78. The molecule has 1 fully saturated rings. The Morgan fingerprint density at radius 2 is 1.71 bits per heavy atom. The van der Waals surface area contributed by atoms with E-state index in [9.17, 15) is 9.59 Å². The minimum atomic E-state index is -0.387. The highest BCUT2D eigenvalue weighted by Crippen LogP contribution is 2.30. The van der Waals surface area contributed by atoms with Gasteiger partial charge in [-0.15, -0.1) is 0 Å². The maximum absolute atomic E-state index is 12.3. The number of hydrogen-bond acceptors (Lipinski definition) is 5. The summed E-state index contributed by atoms with van der Waals surface area (Å²) in [6.45, 7) is 0.407. The van der Waals surface area contributed by atoms with Gasteiger partial charge in [-0.2, -0.15) is 0 Å². The van der Waals surface area contributed by atoms with Crippen LogP contribution in [0.3, 0.4) is 0 Å². The van der Waals surface area contributed by atoms with Crippen molar-refractivity contribution < 1.29 is 23.8 Å². The molecule has 2 aromatic rings. The van der Waals surface area contributed by atoms with Gasteiger partial charge in [0, 0.05) is 30.4 Å². The van der Waals surface area contributed by atoms with E-state index in [0.29, 0.717) is 23.7 Å². The lowest BCUT2D eigenvalue weighted by atomic mass is 10.2. The molecule has 1 aliphatic rings. The van der Waals surface area contributed by atoms with Crippen LogP contribution in [0.1, 0.15) is 6.42 Å². The third-order valence-electron chi connectivity index (χ3n) is 4.49. The summed E-state index contributed by atoms with van der Waals surface area (Å²) in [4.78, 5) is 26.3. The fourth-order valence-electron chi connectivity index (χ4n) is 3.08. The van der Waals surface area contributed by atoms with E-state index in [0.717, 1.165) is 11.4 Å². The largest absolute Gasteiger partial charge is 0.497 e. The molecule has 8 heteroatoms. The molecule has 1 saturated heterocycles. The number of ether oxygens (including phenoxy) is 3. The molecule has 0 aliphatic carbocycles. The van der Waals surface area contributed by atoms with Crippen molar-refractivity contribution in [2.45, 2.75) is 12.5 Å². The average Bonchev–Trinajstić information content (AvgIpc) is 3.07. The summed E-state index contributed by atoms with van der Waals surface area (Å²) in [5.74, 6) is 1.77. The summed E-state index contributed by atoms with van der Waals surface area (Å²) in [6, 6.07) is 11.7. The normalized spacial score (nSPS) is 15.9. The Bertz CT molecular complexity index is 853. The number of nitrogens with one attached hydrogen (secondary N) is 2. The topological polar surface area (TPSA) is 89.1 Å². The highest BCUT2D eigenvalue weighted by molar-refractivity contribution is 5.97. The molecule has 0 bridgehead atoms. The molecule has 28 heavy (non-hydrogen) atoms. The van der Waals surface area contributed by atoms with Crippen LogP contribution in [0.4, 0.5) is 16.2 Å². The predicted octanol–water partition coefficient (Wildman–Crippen LogP) is 2.64. The van der Waals surface area contributed by atoms with Gasteiger partial charge in [0.05, 0.1) is 27.4 Å². The van der Waals surface area contributed by atoms with E-state index in [4.69, 9.17) is 14.2 Å². The number of amides is 3. The second-order valence-corrected chi connectivity index (χ2v) is 6.27. The predicted molar refractivity (Wildman–Crippen MR) is 105 cm³/mol. The van der Waals surface area contributed by atoms with Crippen LogP contribution in [-0.2, 0) is 4.79 Å². The van der Waals surface area contributed by atoms with E-state index < -0.39 is 0 Å². The van der Waals surface area contributed by atoms with Crippen molar-refractivity contribution >= 4 is 23.3 Å². The number of benzene rings is 2. The highest BCUT2D eigenvalue weighted by atomic mass is 16.5. The number of carbonyl (C=O) groups is 2. The number of urea groups is 1. The maximum atomic E-state index is 12.3. The van der Waals surface area contributed by atoms with E-state index in [-0.39, 0.29) is 24.4 Å². The van der Waals surface area contributed by atoms with Gasteiger partial charge in [-0.1, -0.05) is 0 Å². The van der Waals surface area contributed by atoms with Gasteiger partial charge in [-0.25, -0.2) is 4.79 Å². The van der Waals surface area contributed by atoms with E-state index in [2.05, 4.69) is 10.6 Å². The minimum Gasteiger partial charge on any atom is -0.497 e.